The Bertz CT molecular complexity index is 296. The van der Waals surface area contributed by atoms with Gasteiger partial charge in [-0.15, -0.1) is 11.3 Å². The smallest absolute Gasteiger partial charge is 0.0869 e. The Morgan fingerprint density at radius 1 is 1.73 bits per heavy atom. The van der Waals surface area contributed by atoms with Gasteiger partial charge < -0.3 is 10.4 Å². The van der Waals surface area contributed by atoms with E-state index in [1.807, 2.05) is 22.7 Å². The molecule has 84 valence electrons. The van der Waals surface area contributed by atoms with Crippen LogP contribution in [0.2, 0.25) is 0 Å². The van der Waals surface area contributed by atoms with Gasteiger partial charge in [-0.3, -0.25) is 0 Å². The van der Waals surface area contributed by atoms with Gasteiger partial charge in [0.1, 0.15) is 0 Å². The number of nitrogens with one attached hydrogen (secondary N) is 1. The SMILES string of the molecule is CC(NCC1(O)CCSC1)c1cscn1. The van der Waals surface area contributed by atoms with Crippen LogP contribution >= 0.6 is 23.1 Å². The van der Waals surface area contributed by atoms with Crippen molar-refractivity contribution in [2.45, 2.75) is 25.0 Å². The van der Waals surface area contributed by atoms with E-state index in [4.69, 9.17) is 0 Å². The van der Waals surface area contributed by atoms with Gasteiger partial charge in [0.15, 0.2) is 0 Å². The Morgan fingerprint density at radius 2 is 2.60 bits per heavy atom. The van der Waals surface area contributed by atoms with Gasteiger partial charge in [-0.1, -0.05) is 0 Å². The van der Waals surface area contributed by atoms with E-state index in [0.29, 0.717) is 6.54 Å². The molecule has 0 radical (unpaired) electrons. The number of hydrogen-bond donors (Lipinski definition) is 2. The van der Waals surface area contributed by atoms with Gasteiger partial charge in [-0.05, 0) is 19.1 Å². The van der Waals surface area contributed by atoms with Gasteiger partial charge in [0, 0.05) is 23.7 Å². The summed E-state index contributed by atoms with van der Waals surface area (Å²) in [6.45, 7) is 2.75. The molecule has 1 aromatic rings. The molecule has 15 heavy (non-hydrogen) atoms. The summed E-state index contributed by atoms with van der Waals surface area (Å²) in [5.41, 5.74) is 2.40. The lowest BCUT2D eigenvalue weighted by atomic mass is 10.0. The highest BCUT2D eigenvalue weighted by molar-refractivity contribution is 7.99. The predicted octanol–water partition coefficient (Wildman–Crippen LogP) is 1.66. The molecule has 0 saturated carbocycles. The third-order valence-electron chi connectivity index (χ3n) is 2.71. The van der Waals surface area contributed by atoms with Crippen LogP contribution < -0.4 is 5.32 Å². The number of thioether (sulfide) groups is 1. The Balaban J connectivity index is 1.83. The molecular formula is C10H16N2OS2. The van der Waals surface area contributed by atoms with Gasteiger partial charge in [0.2, 0.25) is 0 Å². The number of aliphatic hydroxyl groups is 1. The molecule has 0 amide bonds. The molecule has 1 aliphatic heterocycles. The summed E-state index contributed by atoms with van der Waals surface area (Å²) in [6, 6.07) is 0.228. The summed E-state index contributed by atoms with van der Waals surface area (Å²) in [5, 5.41) is 15.5. The first-order chi connectivity index (χ1) is 7.20. The lowest BCUT2D eigenvalue weighted by Crippen LogP contribution is -2.41. The van der Waals surface area contributed by atoms with Crippen LogP contribution in [0, 0.1) is 0 Å². The molecule has 2 unspecified atom stereocenters. The summed E-state index contributed by atoms with van der Waals surface area (Å²) in [6.07, 6.45) is 0.897. The van der Waals surface area contributed by atoms with E-state index in [-0.39, 0.29) is 6.04 Å². The minimum Gasteiger partial charge on any atom is -0.388 e. The zero-order chi connectivity index (χ0) is 10.7. The van der Waals surface area contributed by atoms with Crippen LogP contribution in [-0.2, 0) is 0 Å². The molecule has 0 bridgehead atoms. The number of hydrogen-bond acceptors (Lipinski definition) is 5. The quantitative estimate of drug-likeness (QED) is 0.845. The molecule has 3 nitrogen and oxygen atoms in total. The van der Waals surface area contributed by atoms with Crippen molar-refractivity contribution >= 4 is 23.1 Å². The van der Waals surface area contributed by atoms with Gasteiger partial charge in [-0.25, -0.2) is 4.98 Å². The zero-order valence-electron chi connectivity index (χ0n) is 8.77. The van der Waals surface area contributed by atoms with Gasteiger partial charge in [0.25, 0.3) is 0 Å². The average molecular weight is 244 g/mol. The maximum atomic E-state index is 10.1. The molecule has 1 aliphatic rings. The largest absolute Gasteiger partial charge is 0.388 e. The molecule has 0 aromatic carbocycles. The Morgan fingerprint density at radius 3 is 3.20 bits per heavy atom. The average Bonchev–Trinajstić information content (AvgIpc) is 2.85. The number of aromatic nitrogens is 1. The second kappa shape index (κ2) is 4.82. The van der Waals surface area contributed by atoms with Crippen LogP contribution in [0.3, 0.4) is 0 Å². The van der Waals surface area contributed by atoms with Crippen molar-refractivity contribution in [3.63, 3.8) is 0 Å². The van der Waals surface area contributed by atoms with Crippen LogP contribution in [0.1, 0.15) is 25.1 Å². The molecule has 1 fully saturated rings. The van der Waals surface area contributed by atoms with E-state index in [0.717, 1.165) is 23.6 Å². The number of rotatable bonds is 4. The monoisotopic (exact) mass is 244 g/mol. The first kappa shape index (κ1) is 11.4. The highest BCUT2D eigenvalue weighted by Gasteiger charge is 2.31. The van der Waals surface area contributed by atoms with E-state index in [9.17, 15) is 5.11 Å². The second-order valence-corrected chi connectivity index (χ2v) is 5.87. The third-order valence-corrected chi connectivity index (χ3v) is 4.55. The fraction of sp³-hybridized carbons (Fsp3) is 0.700. The molecular weight excluding hydrogens is 228 g/mol. The molecule has 2 atom stereocenters. The summed E-state index contributed by atoms with van der Waals surface area (Å²) >= 11 is 3.43. The minimum absolute atomic E-state index is 0.228. The van der Waals surface area contributed by atoms with Crippen LogP contribution in [0.4, 0.5) is 0 Å². The van der Waals surface area contributed by atoms with Gasteiger partial charge in [0.05, 0.1) is 16.8 Å². The van der Waals surface area contributed by atoms with Crippen molar-refractivity contribution in [3.8, 4) is 0 Å². The third kappa shape index (κ3) is 2.93. The Kier molecular flexibility index (Phi) is 3.66. The highest BCUT2D eigenvalue weighted by atomic mass is 32.2. The zero-order valence-corrected chi connectivity index (χ0v) is 10.4. The summed E-state index contributed by atoms with van der Waals surface area (Å²) in [7, 11) is 0. The lowest BCUT2D eigenvalue weighted by Gasteiger charge is -2.23. The van der Waals surface area contributed by atoms with Crippen molar-refractivity contribution in [3.05, 3.63) is 16.6 Å². The van der Waals surface area contributed by atoms with Gasteiger partial charge in [-0.2, -0.15) is 11.8 Å². The maximum Gasteiger partial charge on any atom is 0.0869 e. The summed E-state index contributed by atoms with van der Waals surface area (Å²) < 4.78 is 0. The normalized spacial score (nSPS) is 28.1. The van der Waals surface area contributed by atoms with Crippen molar-refractivity contribution in [1.29, 1.82) is 0 Å². The van der Waals surface area contributed by atoms with Crippen molar-refractivity contribution < 1.29 is 5.11 Å². The number of nitrogens with zero attached hydrogens (tertiary/aromatic N) is 1. The minimum atomic E-state index is -0.505. The van der Waals surface area contributed by atoms with E-state index in [2.05, 4.69) is 17.2 Å². The molecule has 0 aliphatic carbocycles. The first-order valence-corrected chi connectivity index (χ1v) is 7.21. The van der Waals surface area contributed by atoms with Gasteiger partial charge >= 0.3 is 0 Å². The topological polar surface area (TPSA) is 45.1 Å². The maximum absolute atomic E-state index is 10.1. The Hall–Kier alpha value is -0.100. The van der Waals surface area contributed by atoms with Crippen LogP contribution in [0.25, 0.3) is 0 Å². The van der Waals surface area contributed by atoms with Crippen LogP contribution in [0.15, 0.2) is 10.9 Å². The fourth-order valence-corrected chi connectivity index (χ4v) is 3.56. The summed E-state index contributed by atoms with van der Waals surface area (Å²) in [4.78, 5) is 4.25. The van der Waals surface area contributed by atoms with E-state index < -0.39 is 5.60 Å². The van der Waals surface area contributed by atoms with E-state index in [1.165, 1.54) is 0 Å². The standard InChI is InChI=1S/C10H16N2OS2/c1-8(9-4-15-7-12-9)11-5-10(13)2-3-14-6-10/h4,7-8,11,13H,2-3,5-6H2,1H3. The molecule has 2 N–H and O–H groups in total. The molecule has 2 rings (SSSR count). The molecule has 1 aromatic heterocycles. The van der Waals surface area contributed by atoms with E-state index >= 15 is 0 Å². The summed E-state index contributed by atoms with van der Waals surface area (Å²) in [5.74, 6) is 1.92. The highest BCUT2D eigenvalue weighted by Crippen LogP contribution is 2.27. The Labute approximate surface area is 98.3 Å². The van der Waals surface area contributed by atoms with Crippen LogP contribution in [0.5, 0.6) is 0 Å². The van der Waals surface area contributed by atoms with Crippen LogP contribution in [-0.4, -0.2) is 33.7 Å². The second-order valence-electron chi connectivity index (χ2n) is 4.04. The predicted molar refractivity (Wildman–Crippen MR) is 65.4 cm³/mol. The van der Waals surface area contributed by atoms with Crippen molar-refractivity contribution in [1.82, 2.24) is 10.3 Å². The number of thiazole rings is 1. The van der Waals surface area contributed by atoms with E-state index in [1.54, 1.807) is 11.3 Å². The van der Waals surface area contributed by atoms with Crippen molar-refractivity contribution in [2.24, 2.45) is 0 Å². The molecule has 0 spiro atoms. The first-order valence-electron chi connectivity index (χ1n) is 5.11. The molecule has 1 saturated heterocycles. The molecule has 5 heteroatoms. The van der Waals surface area contributed by atoms with Crippen molar-refractivity contribution in [2.75, 3.05) is 18.1 Å². The molecule has 2 heterocycles. The fourth-order valence-electron chi connectivity index (χ4n) is 1.62. The lowest BCUT2D eigenvalue weighted by molar-refractivity contribution is 0.0650.